The van der Waals surface area contributed by atoms with Crippen LogP contribution in [0.5, 0.6) is 0 Å². The highest BCUT2D eigenvalue weighted by molar-refractivity contribution is 6.31. The fourth-order valence-corrected chi connectivity index (χ4v) is 3.87. The summed E-state index contributed by atoms with van der Waals surface area (Å²) in [6.07, 6.45) is -3.13. The van der Waals surface area contributed by atoms with Crippen LogP contribution in [0.3, 0.4) is 0 Å². The second-order valence-electron chi connectivity index (χ2n) is 7.09. The summed E-state index contributed by atoms with van der Waals surface area (Å²) in [6.45, 7) is -0.441. The second kappa shape index (κ2) is 8.74. The van der Waals surface area contributed by atoms with E-state index in [0.717, 1.165) is 0 Å². The number of nitriles is 1. The van der Waals surface area contributed by atoms with E-state index in [1.54, 1.807) is 6.07 Å². The summed E-state index contributed by atoms with van der Waals surface area (Å²) >= 11 is 6.11. The first kappa shape index (κ1) is 21.0. The number of amides is 1. The third-order valence-corrected chi connectivity index (χ3v) is 5.57. The van der Waals surface area contributed by atoms with Crippen LogP contribution in [0.4, 0.5) is 5.69 Å². The van der Waals surface area contributed by atoms with Crippen molar-refractivity contribution in [2.24, 2.45) is 0 Å². The predicted molar refractivity (Wildman–Crippen MR) is 99.8 cm³/mol. The van der Waals surface area contributed by atoms with E-state index in [4.69, 9.17) is 21.1 Å². The van der Waals surface area contributed by atoms with Gasteiger partial charge in [-0.3, -0.25) is 4.79 Å². The average molecular weight is 411 g/mol. The molecule has 3 N–H and O–H groups in total. The van der Waals surface area contributed by atoms with E-state index in [9.17, 15) is 25.4 Å². The van der Waals surface area contributed by atoms with E-state index in [1.807, 2.05) is 6.07 Å². The number of aliphatic hydroxyl groups is 3. The Kier molecular flexibility index (Phi) is 6.55. The highest BCUT2D eigenvalue weighted by Crippen LogP contribution is 2.35. The molecule has 28 heavy (non-hydrogen) atoms. The summed E-state index contributed by atoms with van der Waals surface area (Å²) in [5, 5.41) is 39.2. The fourth-order valence-electron chi connectivity index (χ4n) is 3.64. The SMILES string of the molecule is COC1CC(O)C(CO)OC1C(=O)N(c1cc(Cl)cc(C#N)c1)[C@@H]1CC[C@H]1O. The molecule has 1 saturated carbocycles. The zero-order valence-electron chi connectivity index (χ0n) is 15.4. The Morgan fingerprint density at radius 1 is 1.36 bits per heavy atom. The van der Waals surface area contributed by atoms with Crippen molar-refractivity contribution >= 4 is 23.2 Å². The van der Waals surface area contributed by atoms with Crippen LogP contribution in [0.15, 0.2) is 18.2 Å². The average Bonchev–Trinajstić information content (AvgIpc) is 2.69. The maximum atomic E-state index is 13.4. The van der Waals surface area contributed by atoms with Crippen molar-refractivity contribution < 1.29 is 29.6 Å². The number of anilines is 1. The number of benzene rings is 1. The molecule has 1 saturated heterocycles. The Bertz CT molecular complexity index is 769. The van der Waals surface area contributed by atoms with E-state index in [0.29, 0.717) is 18.5 Å². The lowest BCUT2D eigenvalue weighted by Crippen LogP contribution is -2.61. The molecule has 1 aliphatic heterocycles. The minimum Gasteiger partial charge on any atom is -0.394 e. The number of ether oxygens (including phenoxy) is 2. The number of nitrogens with zero attached hydrogens (tertiary/aromatic N) is 2. The molecule has 0 aromatic heterocycles. The van der Waals surface area contributed by atoms with Crippen LogP contribution in [0.1, 0.15) is 24.8 Å². The van der Waals surface area contributed by atoms with Gasteiger partial charge in [0.05, 0.1) is 42.6 Å². The van der Waals surface area contributed by atoms with Crippen LogP contribution in [0.2, 0.25) is 5.02 Å². The van der Waals surface area contributed by atoms with Crippen LogP contribution in [0.25, 0.3) is 0 Å². The van der Waals surface area contributed by atoms with Crippen molar-refractivity contribution in [1.29, 1.82) is 5.26 Å². The Balaban J connectivity index is 1.97. The van der Waals surface area contributed by atoms with Gasteiger partial charge in [0.1, 0.15) is 6.10 Å². The van der Waals surface area contributed by atoms with Gasteiger partial charge in [-0.1, -0.05) is 11.6 Å². The molecule has 0 spiro atoms. The van der Waals surface area contributed by atoms with Gasteiger partial charge < -0.3 is 29.7 Å². The van der Waals surface area contributed by atoms with Crippen LogP contribution in [-0.4, -0.2) is 71.5 Å². The number of methoxy groups -OCH3 is 1. The third kappa shape index (κ3) is 4.01. The smallest absolute Gasteiger partial charge is 0.259 e. The minimum atomic E-state index is -1.08. The van der Waals surface area contributed by atoms with Crippen molar-refractivity contribution in [3.05, 3.63) is 28.8 Å². The van der Waals surface area contributed by atoms with Gasteiger partial charge >= 0.3 is 0 Å². The third-order valence-electron chi connectivity index (χ3n) is 5.35. The number of rotatable bonds is 5. The summed E-state index contributed by atoms with van der Waals surface area (Å²) in [5.41, 5.74) is 0.661. The maximum absolute atomic E-state index is 13.4. The standard InChI is InChI=1S/C19H23ClN2O6/c1-27-16-7-15(25)17(9-23)28-18(16)19(26)22(13-2-3-14(13)24)12-5-10(8-21)4-11(20)6-12/h4-6,13-18,23-25H,2-3,7,9H2,1H3/t13-,14-,15?,16?,17?,18?/m1/s1. The molecule has 1 heterocycles. The summed E-state index contributed by atoms with van der Waals surface area (Å²) in [4.78, 5) is 14.8. The quantitative estimate of drug-likeness (QED) is 0.649. The van der Waals surface area contributed by atoms with E-state index in [2.05, 4.69) is 0 Å². The molecule has 1 aliphatic carbocycles. The minimum absolute atomic E-state index is 0.123. The van der Waals surface area contributed by atoms with Gasteiger partial charge in [0.25, 0.3) is 5.91 Å². The summed E-state index contributed by atoms with van der Waals surface area (Å²) < 4.78 is 11.0. The van der Waals surface area contributed by atoms with Gasteiger partial charge in [0.2, 0.25) is 0 Å². The van der Waals surface area contributed by atoms with Crippen LogP contribution >= 0.6 is 11.6 Å². The molecule has 1 aromatic rings. The number of aliphatic hydroxyl groups excluding tert-OH is 3. The summed E-state index contributed by atoms with van der Waals surface area (Å²) in [6, 6.07) is 6.07. The Labute approximate surface area is 167 Å². The molecular weight excluding hydrogens is 388 g/mol. The van der Waals surface area contributed by atoms with Crippen LogP contribution in [0, 0.1) is 11.3 Å². The molecule has 6 atom stereocenters. The molecule has 1 amide bonds. The van der Waals surface area contributed by atoms with Gasteiger partial charge in [0, 0.05) is 24.2 Å². The second-order valence-corrected chi connectivity index (χ2v) is 7.52. The first-order valence-corrected chi connectivity index (χ1v) is 9.46. The number of halogens is 1. The number of hydrogen-bond acceptors (Lipinski definition) is 7. The molecule has 0 bridgehead atoms. The molecule has 2 fully saturated rings. The molecule has 3 rings (SSSR count). The van der Waals surface area contributed by atoms with E-state index >= 15 is 0 Å². The van der Waals surface area contributed by atoms with Crippen molar-refractivity contribution in [2.45, 2.75) is 55.8 Å². The molecule has 4 unspecified atom stereocenters. The van der Waals surface area contributed by atoms with Gasteiger partial charge in [-0.2, -0.15) is 5.26 Å². The Morgan fingerprint density at radius 3 is 2.64 bits per heavy atom. The largest absolute Gasteiger partial charge is 0.394 e. The van der Waals surface area contributed by atoms with Crippen molar-refractivity contribution in [3.8, 4) is 6.07 Å². The number of carbonyl (C=O) groups is 1. The van der Waals surface area contributed by atoms with Crippen LogP contribution in [-0.2, 0) is 14.3 Å². The Morgan fingerprint density at radius 2 is 2.11 bits per heavy atom. The monoisotopic (exact) mass is 410 g/mol. The zero-order chi connectivity index (χ0) is 20.4. The van der Waals surface area contributed by atoms with Crippen molar-refractivity contribution in [1.82, 2.24) is 0 Å². The number of carbonyl (C=O) groups excluding carboxylic acids is 1. The first-order valence-electron chi connectivity index (χ1n) is 9.08. The highest BCUT2D eigenvalue weighted by atomic mass is 35.5. The summed E-state index contributed by atoms with van der Waals surface area (Å²) in [5.74, 6) is -0.480. The van der Waals surface area contributed by atoms with E-state index in [-0.39, 0.29) is 17.0 Å². The summed E-state index contributed by atoms with van der Waals surface area (Å²) in [7, 11) is 1.41. The molecule has 152 valence electrons. The highest BCUT2D eigenvalue weighted by Gasteiger charge is 2.46. The Hall–Kier alpha value is -1.73. The molecular formula is C19H23ClN2O6. The fraction of sp³-hybridized carbons (Fsp3) is 0.579. The van der Waals surface area contributed by atoms with Crippen LogP contribution < -0.4 is 4.90 Å². The lowest BCUT2D eigenvalue weighted by molar-refractivity contribution is -0.191. The zero-order valence-corrected chi connectivity index (χ0v) is 16.1. The first-order chi connectivity index (χ1) is 13.4. The molecule has 0 radical (unpaired) electrons. The van der Waals surface area contributed by atoms with Crippen molar-refractivity contribution in [3.63, 3.8) is 0 Å². The predicted octanol–water partition coefficient (Wildman–Crippen LogP) is 0.594. The van der Waals surface area contributed by atoms with Gasteiger partial charge in [-0.25, -0.2) is 0 Å². The molecule has 9 heteroatoms. The van der Waals surface area contributed by atoms with E-state index < -0.39 is 49.1 Å². The maximum Gasteiger partial charge on any atom is 0.259 e. The molecule has 8 nitrogen and oxygen atoms in total. The lowest BCUT2D eigenvalue weighted by Gasteiger charge is -2.45. The molecule has 1 aromatic carbocycles. The normalized spacial score (nSPS) is 32.3. The van der Waals surface area contributed by atoms with Gasteiger partial charge in [0.15, 0.2) is 6.10 Å². The molecule has 2 aliphatic rings. The lowest BCUT2D eigenvalue weighted by atomic mass is 9.86. The van der Waals surface area contributed by atoms with Crippen molar-refractivity contribution in [2.75, 3.05) is 18.6 Å². The number of hydrogen-bond donors (Lipinski definition) is 3. The van der Waals surface area contributed by atoms with Gasteiger partial charge in [-0.15, -0.1) is 0 Å². The van der Waals surface area contributed by atoms with E-state index in [1.165, 1.54) is 24.1 Å². The topological polar surface area (TPSA) is 123 Å². The van der Waals surface area contributed by atoms with Gasteiger partial charge in [-0.05, 0) is 31.0 Å².